The third-order valence-corrected chi connectivity index (χ3v) is 1.28. The molecule has 0 aromatic rings. The van der Waals surface area contributed by atoms with E-state index >= 15 is 0 Å². The van der Waals surface area contributed by atoms with Crippen molar-refractivity contribution in [3.8, 4) is 0 Å². The van der Waals surface area contributed by atoms with Crippen LogP contribution < -0.4 is 0 Å². The summed E-state index contributed by atoms with van der Waals surface area (Å²) in [6.45, 7) is 0. The van der Waals surface area contributed by atoms with Gasteiger partial charge in [-0.3, -0.25) is 0 Å². The predicted octanol–water partition coefficient (Wildman–Crippen LogP) is -0.303. The second kappa shape index (κ2) is 5.43. The van der Waals surface area contributed by atoms with Gasteiger partial charge in [-0.05, 0) is 6.08 Å². The first-order valence-electron chi connectivity index (χ1n) is 3.56. The zero-order valence-electron chi connectivity index (χ0n) is 7.63. The van der Waals surface area contributed by atoms with Crippen molar-refractivity contribution in [3.05, 3.63) is 23.5 Å². The summed E-state index contributed by atoms with van der Waals surface area (Å²) in [6.07, 6.45) is 1.32. The maximum atomic E-state index is 10.6. The minimum atomic E-state index is -1.80. The molecule has 82 valence electrons. The van der Waals surface area contributed by atoms with Crippen molar-refractivity contribution < 1.29 is 34.4 Å². The Morgan fingerprint density at radius 1 is 1.00 bits per heavy atom. The van der Waals surface area contributed by atoms with E-state index in [2.05, 4.69) is 4.74 Å². The number of esters is 1. The summed E-state index contributed by atoms with van der Waals surface area (Å²) in [5.74, 6) is -5.70. The number of aliphatic carboxylic acids is 2. The zero-order valence-corrected chi connectivity index (χ0v) is 7.63. The van der Waals surface area contributed by atoms with Gasteiger partial charge in [0, 0.05) is 6.08 Å². The molecular formula is C8H8O7. The van der Waals surface area contributed by atoms with Crippen molar-refractivity contribution in [2.24, 2.45) is 0 Å². The molecule has 0 spiro atoms. The van der Waals surface area contributed by atoms with Gasteiger partial charge >= 0.3 is 17.9 Å². The van der Waals surface area contributed by atoms with Crippen LogP contribution in [0.2, 0.25) is 0 Å². The summed E-state index contributed by atoms with van der Waals surface area (Å²) < 4.78 is 4.15. The van der Waals surface area contributed by atoms with Gasteiger partial charge in [0.1, 0.15) is 5.57 Å². The Kier molecular flexibility index (Phi) is 4.59. The highest BCUT2D eigenvalue weighted by Gasteiger charge is 2.17. The highest BCUT2D eigenvalue weighted by Crippen LogP contribution is 2.04. The van der Waals surface area contributed by atoms with E-state index in [9.17, 15) is 14.4 Å². The molecule has 3 N–H and O–H groups in total. The SMILES string of the molecule is COC(=O)/C=C/C(C(=O)O)=C(\O)C(=O)O. The van der Waals surface area contributed by atoms with Crippen LogP contribution in [0, 0.1) is 0 Å². The van der Waals surface area contributed by atoms with Crippen LogP contribution in [0.5, 0.6) is 0 Å². The highest BCUT2D eigenvalue weighted by molar-refractivity contribution is 6.00. The van der Waals surface area contributed by atoms with Crippen LogP contribution in [0.15, 0.2) is 23.5 Å². The van der Waals surface area contributed by atoms with Gasteiger partial charge in [-0.1, -0.05) is 0 Å². The first kappa shape index (κ1) is 12.7. The number of ether oxygens (including phenoxy) is 1. The van der Waals surface area contributed by atoms with Crippen molar-refractivity contribution in [1.82, 2.24) is 0 Å². The molecule has 0 heterocycles. The van der Waals surface area contributed by atoms with Crippen LogP contribution in [0.3, 0.4) is 0 Å². The van der Waals surface area contributed by atoms with Crippen LogP contribution >= 0.6 is 0 Å². The van der Waals surface area contributed by atoms with E-state index in [0.29, 0.717) is 12.2 Å². The standard InChI is InChI=1S/C8H8O7/c1-15-5(9)3-2-4(7(11)12)6(10)8(13)14/h2-3,10H,1H3,(H,11,12)(H,13,14)/b3-2+,6-4+. The molecular weight excluding hydrogens is 208 g/mol. The lowest BCUT2D eigenvalue weighted by Gasteiger charge is -1.97. The van der Waals surface area contributed by atoms with E-state index in [4.69, 9.17) is 15.3 Å². The first-order chi connectivity index (χ1) is 6.90. The third-order valence-electron chi connectivity index (χ3n) is 1.28. The number of rotatable bonds is 4. The van der Waals surface area contributed by atoms with E-state index in [-0.39, 0.29) is 0 Å². The predicted molar refractivity (Wildman–Crippen MR) is 46.1 cm³/mol. The van der Waals surface area contributed by atoms with Gasteiger partial charge in [0.25, 0.3) is 0 Å². The molecule has 0 aromatic heterocycles. The average molecular weight is 216 g/mol. The van der Waals surface area contributed by atoms with Crippen LogP contribution in [0.25, 0.3) is 0 Å². The van der Waals surface area contributed by atoms with Gasteiger partial charge in [-0.25, -0.2) is 14.4 Å². The Hall–Kier alpha value is -2.31. The number of hydrogen-bond acceptors (Lipinski definition) is 5. The summed E-state index contributed by atoms with van der Waals surface area (Å²) in [7, 11) is 1.06. The number of aliphatic hydroxyl groups excluding tert-OH is 1. The van der Waals surface area contributed by atoms with Crippen molar-refractivity contribution in [3.63, 3.8) is 0 Å². The number of aliphatic hydroxyl groups is 1. The number of hydrogen-bond donors (Lipinski definition) is 3. The van der Waals surface area contributed by atoms with E-state index in [1.165, 1.54) is 0 Å². The molecule has 0 aliphatic rings. The molecule has 0 amide bonds. The molecule has 7 heteroatoms. The Balaban J connectivity index is 5.10. The lowest BCUT2D eigenvalue weighted by Crippen LogP contribution is -2.10. The monoisotopic (exact) mass is 216 g/mol. The summed E-state index contributed by atoms with van der Waals surface area (Å²) in [5.41, 5.74) is -0.909. The second-order valence-electron chi connectivity index (χ2n) is 2.23. The molecule has 0 atom stereocenters. The van der Waals surface area contributed by atoms with Gasteiger partial charge in [-0.2, -0.15) is 0 Å². The molecule has 0 rings (SSSR count). The van der Waals surface area contributed by atoms with Gasteiger partial charge < -0.3 is 20.1 Å². The molecule has 0 saturated heterocycles. The van der Waals surface area contributed by atoms with Crippen LogP contribution in [-0.2, 0) is 19.1 Å². The summed E-state index contributed by atoms with van der Waals surface area (Å²) >= 11 is 0. The molecule has 0 aromatic carbocycles. The fraction of sp³-hybridized carbons (Fsp3) is 0.125. The molecule has 0 bridgehead atoms. The number of methoxy groups -OCH3 is 1. The Bertz CT molecular complexity index is 350. The molecule has 15 heavy (non-hydrogen) atoms. The zero-order chi connectivity index (χ0) is 12.0. The third kappa shape index (κ3) is 3.94. The fourth-order valence-electron chi connectivity index (χ4n) is 0.586. The number of carbonyl (C=O) groups excluding carboxylic acids is 1. The van der Waals surface area contributed by atoms with Crippen LogP contribution in [-0.4, -0.2) is 40.3 Å². The fourth-order valence-corrected chi connectivity index (χ4v) is 0.586. The molecule has 0 saturated carbocycles. The Morgan fingerprint density at radius 3 is 1.87 bits per heavy atom. The van der Waals surface area contributed by atoms with Crippen molar-refractivity contribution in [2.45, 2.75) is 0 Å². The summed E-state index contributed by atoms with van der Waals surface area (Å²) in [5, 5.41) is 25.6. The number of carboxylic acid groups (broad SMARTS) is 2. The Morgan fingerprint density at radius 2 is 1.53 bits per heavy atom. The summed E-state index contributed by atoms with van der Waals surface area (Å²) in [6, 6.07) is 0. The average Bonchev–Trinajstić information content (AvgIpc) is 2.16. The number of carbonyl (C=O) groups is 3. The largest absolute Gasteiger partial charge is 0.501 e. The second-order valence-corrected chi connectivity index (χ2v) is 2.23. The minimum absolute atomic E-state index is 0.637. The molecule has 0 fully saturated rings. The van der Waals surface area contributed by atoms with Crippen LogP contribution in [0.1, 0.15) is 0 Å². The molecule has 0 unspecified atom stereocenters. The summed E-state index contributed by atoms with van der Waals surface area (Å²) in [4.78, 5) is 31.3. The molecule has 0 aliphatic heterocycles. The molecule has 7 nitrogen and oxygen atoms in total. The number of carboxylic acids is 2. The minimum Gasteiger partial charge on any atom is -0.501 e. The van der Waals surface area contributed by atoms with Crippen molar-refractivity contribution in [1.29, 1.82) is 0 Å². The lowest BCUT2D eigenvalue weighted by atomic mass is 10.2. The van der Waals surface area contributed by atoms with Gasteiger partial charge in [0.2, 0.25) is 5.76 Å². The van der Waals surface area contributed by atoms with E-state index in [0.717, 1.165) is 7.11 Å². The van der Waals surface area contributed by atoms with Gasteiger partial charge in [-0.15, -0.1) is 0 Å². The topological polar surface area (TPSA) is 121 Å². The van der Waals surface area contributed by atoms with Crippen molar-refractivity contribution >= 4 is 17.9 Å². The lowest BCUT2D eigenvalue weighted by molar-refractivity contribution is -0.138. The van der Waals surface area contributed by atoms with E-state index in [1.807, 2.05) is 0 Å². The molecule has 0 aliphatic carbocycles. The highest BCUT2D eigenvalue weighted by atomic mass is 16.5. The van der Waals surface area contributed by atoms with Crippen LogP contribution in [0.4, 0.5) is 0 Å². The maximum Gasteiger partial charge on any atom is 0.371 e. The first-order valence-corrected chi connectivity index (χ1v) is 3.56. The normalized spacial score (nSPS) is 12.1. The Labute approximate surface area is 83.9 Å². The smallest absolute Gasteiger partial charge is 0.371 e. The maximum absolute atomic E-state index is 10.6. The van der Waals surface area contributed by atoms with Gasteiger partial charge in [0.05, 0.1) is 7.11 Å². The van der Waals surface area contributed by atoms with Gasteiger partial charge in [0.15, 0.2) is 0 Å². The quantitative estimate of drug-likeness (QED) is 0.255. The van der Waals surface area contributed by atoms with E-state index < -0.39 is 29.2 Å². The van der Waals surface area contributed by atoms with E-state index in [1.54, 1.807) is 0 Å². The van der Waals surface area contributed by atoms with Crippen molar-refractivity contribution in [2.75, 3.05) is 7.11 Å². The molecule has 0 radical (unpaired) electrons.